The number of rotatable bonds is 6. The molecule has 0 aliphatic carbocycles. The van der Waals surface area contributed by atoms with E-state index in [-0.39, 0.29) is 17.7 Å². The van der Waals surface area contributed by atoms with Crippen LogP contribution in [0.2, 0.25) is 0 Å². The maximum Gasteiger partial charge on any atom is 0.318 e. The summed E-state index contributed by atoms with van der Waals surface area (Å²) in [5.41, 5.74) is 2.33. The first kappa shape index (κ1) is 17.6. The monoisotopic (exact) mass is 339 g/mol. The normalized spacial score (nSPS) is 15.5. The van der Waals surface area contributed by atoms with Crippen molar-refractivity contribution >= 4 is 21.9 Å². The van der Waals surface area contributed by atoms with E-state index in [1.807, 2.05) is 32.9 Å². The Bertz CT molecular complexity index is 698. The fourth-order valence-electron chi connectivity index (χ4n) is 2.65. The van der Waals surface area contributed by atoms with Gasteiger partial charge in [0.25, 0.3) is 11.8 Å². The van der Waals surface area contributed by atoms with Crippen LogP contribution in [0.1, 0.15) is 50.3 Å². The van der Waals surface area contributed by atoms with Gasteiger partial charge >= 0.3 is 10.1 Å². The number of amides is 2. The minimum atomic E-state index is -4.24. The number of nitrogens with zero attached hydrogens (tertiary/aromatic N) is 1. The first-order valence-corrected chi connectivity index (χ1v) is 9.19. The quantitative estimate of drug-likeness (QED) is 0.742. The molecule has 0 aromatic heterocycles. The van der Waals surface area contributed by atoms with Crippen molar-refractivity contribution in [3.63, 3.8) is 0 Å². The lowest BCUT2D eigenvalue weighted by Crippen LogP contribution is -2.32. The molecule has 6 nitrogen and oxygen atoms in total. The highest BCUT2D eigenvalue weighted by molar-refractivity contribution is 7.86. The average Bonchev–Trinajstić information content (AvgIpc) is 2.84. The summed E-state index contributed by atoms with van der Waals surface area (Å²) in [5, 5.41) is 0.377. The van der Waals surface area contributed by atoms with Gasteiger partial charge in [0.2, 0.25) is 0 Å². The van der Waals surface area contributed by atoms with Crippen molar-refractivity contribution in [3.05, 3.63) is 28.8 Å². The zero-order chi connectivity index (χ0) is 17.2. The van der Waals surface area contributed by atoms with E-state index >= 15 is 0 Å². The van der Waals surface area contributed by atoms with Gasteiger partial charge in [0, 0.05) is 12.8 Å². The molecule has 1 aliphatic rings. The van der Waals surface area contributed by atoms with Crippen molar-refractivity contribution in [2.45, 2.75) is 57.8 Å². The predicted molar refractivity (Wildman–Crippen MR) is 83.9 cm³/mol. The molecule has 0 atom stereocenters. The second kappa shape index (κ2) is 6.80. The van der Waals surface area contributed by atoms with Gasteiger partial charge in [-0.05, 0) is 36.0 Å². The lowest BCUT2D eigenvalue weighted by atomic mass is 10.0. The maximum atomic E-state index is 12.7. The summed E-state index contributed by atoms with van der Waals surface area (Å²) in [7, 11) is -4.24. The zero-order valence-corrected chi connectivity index (χ0v) is 14.4. The molecule has 0 radical (unpaired) electrons. The molecule has 0 saturated carbocycles. The molecule has 2 amide bonds. The van der Waals surface area contributed by atoms with Crippen molar-refractivity contribution in [3.8, 4) is 0 Å². The second-order valence-electron chi connectivity index (χ2n) is 5.41. The van der Waals surface area contributed by atoms with Crippen LogP contribution in [0.25, 0.3) is 0 Å². The molecule has 1 aromatic rings. The molecule has 126 valence electrons. The number of carbonyl (C=O) groups excluding carboxylic acids is 2. The molecule has 0 bridgehead atoms. The van der Waals surface area contributed by atoms with Crippen LogP contribution in [0.15, 0.2) is 17.0 Å². The third-order valence-electron chi connectivity index (χ3n) is 3.90. The molecular formula is C16H21NO5S. The highest BCUT2D eigenvalue weighted by Gasteiger charge is 2.36. The molecule has 1 aliphatic heterocycles. The number of hydrogen-bond acceptors (Lipinski definition) is 5. The van der Waals surface area contributed by atoms with Crippen LogP contribution in [0.5, 0.6) is 0 Å². The van der Waals surface area contributed by atoms with E-state index in [0.29, 0.717) is 29.0 Å². The topological polar surface area (TPSA) is 80.8 Å². The van der Waals surface area contributed by atoms with Gasteiger partial charge in [0.05, 0.1) is 0 Å². The van der Waals surface area contributed by atoms with Crippen molar-refractivity contribution in [2.75, 3.05) is 0 Å². The van der Waals surface area contributed by atoms with Gasteiger partial charge in [-0.3, -0.25) is 9.59 Å². The fourth-order valence-corrected chi connectivity index (χ4v) is 4.14. The van der Waals surface area contributed by atoms with Gasteiger partial charge in [-0.1, -0.05) is 32.9 Å². The lowest BCUT2D eigenvalue weighted by molar-refractivity contribution is -0.163. The third-order valence-corrected chi connectivity index (χ3v) is 5.27. The molecule has 0 spiro atoms. The molecule has 0 N–H and O–H groups in total. The predicted octanol–water partition coefficient (Wildman–Crippen LogP) is 2.14. The summed E-state index contributed by atoms with van der Waals surface area (Å²) < 4.78 is 30.2. The summed E-state index contributed by atoms with van der Waals surface area (Å²) in [5.74, 6) is -1.25. The summed E-state index contributed by atoms with van der Waals surface area (Å²) in [6.07, 6.45) is 1.78. The number of aryl methyl sites for hydroxylation is 3. The third kappa shape index (κ3) is 3.45. The largest absolute Gasteiger partial charge is 0.318 e. The maximum absolute atomic E-state index is 12.7. The highest BCUT2D eigenvalue weighted by atomic mass is 32.2. The molecule has 2 rings (SSSR count). The smallest absolute Gasteiger partial charge is 0.272 e. The van der Waals surface area contributed by atoms with Crippen LogP contribution in [0.4, 0.5) is 0 Å². The highest BCUT2D eigenvalue weighted by Crippen LogP contribution is 2.28. The zero-order valence-electron chi connectivity index (χ0n) is 13.6. The second-order valence-corrected chi connectivity index (χ2v) is 6.88. The molecule has 1 aromatic carbocycles. The Balaban J connectivity index is 2.50. The van der Waals surface area contributed by atoms with E-state index < -0.39 is 21.9 Å². The van der Waals surface area contributed by atoms with Gasteiger partial charge in [-0.25, -0.2) is 0 Å². The summed E-state index contributed by atoms with van der Waals surface area (Å²) in [4.78, 5) is 23.3. The first-order valence-electron chi connectivity index (χ1n) is 7.79. The van der Waals surface area contributed by atoms with Crippen LogP contribution in [0, 0.1) is 0 Å². The van der Waals surface area contributed by atoms with Crippen LogP contribution in [-0.4, -0.2) is 25.3 Å². The summed E-state index contributed by atoms with van der Waals surface area (Å²) in [6.45, 7) is 5.72. The lowest BCUT2D eigenvalue weighted by Gasteiger charge is -2.18. The van der Waals surface area contributed by atoms with Crippen molar-refractivity contribution in [1.29, 1.82) is 0 Å². The molecule has 1 saturated heterocycles. The van der Waals surface area contributed by atoms with E-state index in [9.17, 15) is 18.0 Å². The van der Waals surface area contributed by atoms with Crippen LogP contribution < -0.4 is 0 Å². The summed E-state index contributed by atoms with van der Waals surface area (Å²) in [6, 6.07) is 3.67. The molecular weight excluding hydrogens is 318 g/mol. The van der Waals surface area contributed by atoms with Gasteiger partial charge in [-0.2, -0.15) is 8.42 Å². The van der Waals surface area contributed by atoms with Gasteiger partial charge < -0.3 is 0 Å². The standard InChI is InChI=1S/C16H21NO5S/c1-4-11-9-12(5-2)16(13(6-3)10-11)23(20,21)22-17-14(18)7-8-15(17)19/h9-10H,4-8H2,1-3H3. The molecule has 1 fully saturated rings. The van der Waals surface area contributed by atoms with Gasteiger partial charge in [-0.15, -0.1) is 9.35 Å². The average molecular weight is 339 g/mol. The number of hydroxylamine groups is 2. The number of carbonyl (C=O) groups is 2. The van der Waals surface area contributed by atoms with Crippen molar-refractivity contribution < 1.29 is 22.3 Å². The van der Waals surface area contributed by atoms with E-state index in [4.69, 9.17) is 4.28 Å². The molecule has 0 unspecified atom stereocenters. The Labute approximate surface area is 136 Å². The Morgan fingerprint density at radius 2 is 1.43 bits per heavy atom. The van der Waals surface area contributed by atoms with Gasteiger partial charge in [0.1, 0.15) is 4.90 Å². The Hall–Kier alpha value is -1.73. The van der Waals surface area contributed by atoms with E-state index in [1.165, 1.54) is 0 Å². The minimum Gasteiger partial charge on any atom is -0.272 e. The van der Waals surface area contributed by atoms with Crippen LogP contribution in [-0.2, 0) is 43.3 Å². The van der Waals surface area contributed by atoms with Crippen molar-refractivity contribution in [2.24, 2.45) is 0 Å². The number of benzene rings is 1. The number of imide groups is 1. The molecule has 1 heterocycles. The Morgan fingerprint density at radius 3 is 1.83 bits per heavy atom. The van der Waals surface area contributed by atoms with E-state index in [1.54, 1.807) is 0 Å². The summed E-state index contributed by atoms with van der Waals surface area (Å²) >= 11 is 0. The van der Waals surface area contributed by atoms with Gasteiger partial charge in [0.15, 0.2) is 0 Å². The van der Waals surface area contributed by atoms with E-state index in [0.717, 1.165) is 12.0 Å². The fraction of sp³-hybridized carbons (Fsp3) is 0.500. The van der Waals surface area contributed by atoms with Crippen LogP contribution >= 0.6 is 0 Å². The van der Waals surface area contributed by atoms with Crippen molar-refractivity contribution in [1.82, 2.24) is 5.06 Å². The Morgan fingerprint density at radius 1 is 0.957 bits per heavy atom. The Kier molecular flexibility index (Phi) is 5.21. The minimum absolute atomic E-state index is 0.0234. The number of hydrogen-bond donors (Lipinski definition) is 0. The SMILES string of the molecule is CCc1cc(CC)c(S(=O)(=O)ON2C(=O)CCC2=O)c(CC)c1. The first-order chi connectivity index (χ1) is 10.8. The molecule has 23 heavy (non-hydrogen) atoms. The van der Waals surface area contributed by atoms with Crippen LogP contribution in [0.3, 0.4) is 0 Å². The van der Waals surface area contributed by atoms with E-state index in [2.05, 4.69) is 0 Å². The molecule has 7 heteroatoms.